The first kappa shape index (κ1) is 25.0. The van der Waals surface area contributed by atoms with Crippen LogP contribution in [-0.4, -0.2) is 23.0 Å². The first-order chi connectivity index (χ1) is 13.1. The number of carbonyl (C=O) groups excluding carboxylic acids is 1. The van der Waals surface area contributed by atoms with E-state index in [0.717, 1.165) is 43.4 Å². The molecule has 1 aromatic carbocycles. The van der Waals surface area contributed by atoms with Gasteiger partial charge in [-0.3, -0.25) is 4.79 Å². The number of hydrogen-bond acceptors (Lipinski definition) is 5. The number of ether oxygens (including phenoxy) is 2. The van der Waals surface area contributed by atoms with Gasteiger partial charge in [0.1, 0.15) is 11.5 Å². The average molecular weight is 442 g/mol. The van der Waals surface area contributed by atoms with Crippen LogP contribution in [0.25, 0.3) is 0 Å². The van der Waals surface area contributed by atoms with Crippen LogP contribution in [0.4, 0.5) is 0 Å². The van der Waals surface area contributed by atoms with Crippen molar-refractivity contribution in [3.63, 3.8) is 0 Å². The lowest BCUT2D eigenvalue weighted by molar-refractivity contribution is -0.126. The van der Waals surface area contributed by atoms with Crippen molar-refractivity contribution in [3.05, 3.63) is 48.2 Å². The molecule has 0 unspecified atom stereocenters. The molecule has 1 saturated carbocycles. The number of pyridine rings is 1. The second-order valence-electron chi connectivity index (χ2n) is 6.94. The number of carbonyl (C=O) groups is 1. The molecule has 1 aliphatic carbocycles. The first-order valence-corrected chi connectivity index (χ1v) is 9.52. The topological polar surface area (TPSA) is 86.5 Å². The predicted molar refractivity (Wildman–Crippen MR) is 118 cm³/mol. The highest BCUT2D eigenvalue weighted by atomic mass is 35.5. The zero-order valence-electron chi connectivity index (χ0n) is 16.6. The molecule has 3 N–H and O–H groups in total. The van der Waals surface area contributed by atoms with Crippen LogP contribution < -0.4 is 20.5 Å². The van der Waals surface area contributed by atoms with Gasteiger partial charge in [-0.25, -0.2) is 4.98 Å². The lowest BCUT2D eigenvalue weighted by Gasteiger charge is -2.22. The molecular formula is C21H29Cl2N3O3. The number of amides is 1. The highest BCUT2D eigenvalue weighted by Gasteiger charge is 2.36. The van der Waals surface area contributed by atoms with Crippen LogP contribution in [0.3, 0.4) is 0 Å². The van der Waals surface area contributed by atoms with Crippen LogP contribution in [0.5, 0.6) is 17.4 Å². The number of nitrogens with two attached hydrogens (primary N) is 1. The van der Waals surface area contributed by atoms with Gasteiger partial charge in [0.05, 0.1) is 12.1 Å². The molecule has 3 rings (SSSR count). The first-order valence-electron chi connectivity index (χ1n) is 9.52. The molecule has 160 valence electrons. The van der Waals surface area contributed by atoms with E-state index in [4.69, 9.17) is 15.2 Å². The van der Waals surface area contributed by atoms with E-state index in [9.17, 15) is 4.79 Å². The standard InChI is InChI=1S/C21H27N3O3.2ClH/c1-2-14-26-17-7-9-18(10-8-17)27-19-16(6-5-13-23-19)15-24-20(25)21(22)11-3-4-12-21;;/h5-10,13H,2-4,11-12,14-15,22H2,1H3,(H,24,25);2*1H. The van der Waals surface area contributed by atoms with Crippen molar-refractivity contribution >= 4 is 30.7 Å². The molecule has 0 atom stereocenters. The van der Waals surface area contributed by atoms with Crippen molar-refractivity contribution in [1.29, 1.82) is 0 Å². The lowest BCUT2D eigenvalue weighted by Crippen LogP contribution is -2.51. The zero-order chi connectivity index (χ0) is 19.1. The Morgan fingerprint density at radius 2 is 1.79 bits per heavy atom. The maximum atomic E-state index is 12.4. The van der Waals surface area contributed by atoms with Crippen molar-refractivity contribution in [1.82, 2.24) is 10.3 Å². The van der Waals surface area contributed by atoms with Crippen molar-refractivity contribution in [3.8, 4) is 17.4 Å². The Bertz CT molecular complexity index is 766. The summed E-state index contributed by atoms with van der Waals surface area (Å²) >= 11 is 0. The minimum atomic E-state index is -0.739. The van der Waals surface area contributed by atoms with E-state index in [0.29, 0.717) is 24.8 Å². The number of aromatic nitrogens is 1. The molecule has 29 heavy (non-hydrogen) atoms. The van der Waals surface area contributed by atoms with Gasteiger partial charge in [0.15, 0.2) is 0 Å². The van der Waals surface area contributed by atoms with Crippen LogP contribution >= 0.6 is 24.8 Å². The second-order valence-corrected chi connectivity index (χ2v) is 6.94. The summed E-state index contributed by atoms with van der Waals surface area (Å²) in [5.74, 6) is 1.84. The monoisotopic (exact) mass is 441 g/mol. The molecule has 6 nitrogen and oxygen atoms in total. The summed E-state index contributed by atoms with van der Waals surface area (Å²) in [7, 11) is 0. The third-order valence-electron chi connectivity index (χ3n) is 4.75. The fourth-order valence-electron chi connectivity index (χ4n) is 3.17. The van der Waals surface area contributed by atoms with Crippen LogP contribution in [0.1, 0.15) is 44.6 Å². The Hall–Kier alpha value is -2.02. The summed E-state index contributed by atoms with van der Waals surface area (Å²) in [4.78, 5) is 16.7. The summed E-state index contributed by atoms with van der Waals surface area (Å²) in [5.41, 5.74) is 6.27. The number of nitrogens with zero attached hydrogens (tertiary/aromatic N) is 1. The van der Waals surface area contributed by atoms with Crippen molar-refractivity contribution < 1.29 is 14.3 Å². The van der Waals surface area contributed by atoms with Gasteiger partial charge >= 0.3 is 0 Å². The molecule has 0 aliphatic heterocycles. The molecule has 1 aromatic heterocycles. The number of rotatable bonds is 8. The zero-order valence-corrected chi connectivity index (χ0v) is 18.2. The minimum absolute atomic E-state index is 0. The van der Waals surface area contributed by atoms with Gasteiger partial charge in [0.25, 0.3) is 0 Å². The fourth-order valence-corrected chi connectivity index (χ4v) is 3.17. The third kappa shape index (κ3) is 6.77. The largest absolute Gasteiger partial charge is 0.494 e. The number of hydrogen-bond donors (Lipinski definition) is 2. The van der Waals surface area contributed by atoms with E-state index in [1.54, 1.807) is 6.20 Å². The summed E-state index contributed by atoms with van der Waals surface area (Å²) in [6.45, 7) is 3.09. The molecule has 2 aromatic rings. The van der Waals surface area contributed by atoms with Crippen LogP contribution in [0, 0.1) is 0 Å². The highest BCUT2D eigenvalue weighted by Crippen LogP contribution is 2.28. The normalized spacial score (nSPS) is 14.3. The third-order valence-corrected chi connectivity index (χ3v) is 4.75. The number of nitrogens with one attached hydrogen (secondary N) is 1. The molecule has 0 bridgehead atoms. The van der Waals surface area contributed by atoms with E-state index in [2.05, 4.69) is 17.2 Å². The van der Waals surface area contributed by atoms with Crippen LogP contribution in [-0.2, 0) is 11.3 Å². The summed E-state index contributed by atoms with van der Waals surface area (Å²) in [5, 5.41) is 2.94. The van der Waals surface area contributed by atoms with Gasteiger partial charge in [0, 0.05) is 18.3 Å². The van der Waals surface area contributed by atoms with Gasteiger partial charge < -0.3 is 20.5 Å². The Balaban J connectivity index is 0.00000210. The molecule has 1 aliphatic rings. The van der Waals surface area contributed by atoms with Gasteiger partial charge in [-0.15, -0.1) is 24.8 Å². The summed E-state index contributed by atoms with van der Waals surface area (Å²) in [6, 6.07) is 11.1. The van der Waals surface area contributed by atoms with E-state index >= 15 is 0 Å². The van der Waals surface area contributed by atoms with Crippen molar-refractivity contribution in [2.24, 2.45) is 5.73 Å². The molecule has 0 radical (unpaired) electrons. The van der Waals surface area contributed by atoms with Gasteiger partial charge in [-0.05, 0) is 49.6 Å². The van der Waals surface area contributed by atoms with E-state index in [1.165, 1.54) is 0 Å². The summed E-state index contributed by atoms with van der Waals surface area (Å²) < 4.78 is 11.5. The molecule has 1 heterocycles. The Labute approximate surface area is 184 Å². The highest BCUT2D eigenvalue weighted by molar-refractivity contribution is 5.86. The van der Waals surface area contributed by atoms with Gasteiger partial charge in [-0.1, -0.05) is 25.8 Å². The van der Waals surface area contributed by atoms with E-state index < -0.39 is 5.54 Å². The molecule has 8 heteroatoms. The molecule has 0 saturated heterocycles. The van der Waals surface area contributed by atoms with Crippen LogP contribution in [0.2, 0.25) is 0 Å². The Morgan fingerprint density at radius 3 is 2.45 bits per heavy atom. The number of benzene rings is 1. The smallest absolute Gasteiger partial charge is 0.240 e. The quantitative estimate of drug-likeness (QED) is 0.633. The minimum Gasteiger partial charge on any atom is -0.494 e. The second kappa shape index (κ2) is 11.9. The Morgan fingerprint density at radius 1 is 1.14 bits per heavy atom. The average Bonchev–Trinajstić information content (AvgIpc) is 3.14. The van der Waals surface area contributed by atoms with Crippen molar-refractivity contribution in [2.75, 3.05) is 6.61 Å². The SMILES string of the molecule is CCCOc1ccc(Oc2ncccc2CNC(=O)C2(N)CCCC2)cc1.Cl.Cl. The molecular weight excluding hydrogens is 413 g/mol. The lowest BCUT2D eigenvalue weighted by atomic mass is 9.98. The molecule has 1 fully saturated rings. The Kier molecular flexibility index (Phi) is 10.2. The molecule has 0 spiro atoms. The predicted octanol–water partition coefficient (Wildman–Crippen LogP) is 4.39. The maximum Gasteiger partial charge on any atom is 0.240 e. The van der Waals surface area contributed by atoms with Crippen LogP contribution in [0.15, 0.2) is 42.6 Å². The van der Waals surface area contributed by atoms with E-state index in [-0.39, 0.29) is 30.7 Å². The summed E-state index contributed by atoms with van der Waals surface area (Å²) in [6.07, 6.45) is 6.11. The molecule has 1 amide bonds. The van der Waals surface area contributed by atoms with E-state index in [1.807, 2.05) is 36.4 Å². The van der Waals surface area contributed by atoms with Gasteiger partial charge in [-0.2, -0.15) is 0 Å². The fraction of sp³-hybridized carbons (Fsp3) is 0.429. The number of halogens is 2. The van der Waals surface area contributed by atoms with Gasteiger partial charge in [0.2, 0.25) is 11.8 Å². The maximum absolute atomic E-state index is 12.4. The van der Waals surface area contributed by atoms with Crippen molar-refractivity contribution in [2.45, 2.75) is 51.1 Å².